The number of aliphatic imine (C=N–C) groups is 1. The van der Waals surface area contributed by atoms with Crippen LogP contribution in [-0.2, 0) is 0 Å². The second kappa shape index (κ2) is 6.99. The van der Waals surface area contributed by atoms with Gasteiger partial charge in [-0.25, -0.2) is 4.99 Å². The summed E-state index contributed by atoms with van der Waals surface area (Å²) in [6.45, 7) is 3.08. The lowest BCUT2D eigenvalue weighted by Gasteiger charge is -2.42. The molecule has 4 heteroatoms. The van der Waals surface area contributed by atoms with Crippen LogP contribution in [-0.4, -0.2) is 17.9 Å². The lowest BCUT2D eigenvalue weighted by Crippen LogP contribution is -2.55. The van der Waals surface area contributed by atoms with Crippen LogP contribution in [0.5, 0.6) is 0 Å². The fourth-order valence-corrected chi connectivity index (χ4v) is 4.89. The molecule has 4 rings (SSSR count). The van der Waals surface area contributed by atoms with E-state index in [0.29, 0.717) is 5.92 Å². The van der Waals surface area contributed by atoms with Crippen LogP contribution in [0.4, 0.5) is 11.4 Å². The van der Waals surface area contributed by atoms with Gasteiger partial charge in [0, 0.05) is 11.0 Å². The summed E-state index contributed by atoms with van der Waals surface area (Å²) in [5.41, 5.74) is 3.53. The summed E-state index contributed by atoms with van der Waals surface area (Å²) in [6, 6.07) is 8.39. The van der Waals surface area contributed by atoms with E-state index in [1.165, 1.54) is 35.0 Å². The predicted octanol–water partition coefficient (Wildman–Crippen LogP) is 5.68. The van der Waals surface area contributed by atoms with E-state index in [4.69, 9.17) is 4.99 Å². The van der Waals surface area contributed by atoms with Crippen molar-refractivity contribution >= 4 is 33.1 Å². The third kappa shape index (κ3) is 3.41. The van der Waals surface area contributed by atoms with E-state index >= 15 is 0 Å². The van der Waals surface area contributed by atoms with E-state index in [1.807, 2.05) is 0 Å². The number of halogens is 1. The first-order chi connectivity index (χ1) is 12.2. The smallest absolute Gasteiger partial charge is 0.128 e. The standard InChI is InChI=1S/C21H26BrN3/c1-15-9-10-16(17(22)13-15)14-23-20-21(11-5-2-6-12-21)25-19-8-4-3-7-18(19)24-20/h3-4,7-8,10,13,15,25H,2,5-6,9,11-12,14H2,1H3,(H,23,24). The Kier molecular flexibility index (Phi) is 4.72. The number of hydrogen-bond acceptors (Lipinski definition) is 3. The van der Waals surface area contributed by atoms with Gasteiger partial charge in [0.1, 0.15) is 5.84 Å². The first kappa shape index (κ1) is 16.9. The highest BCUT2D eigenvalue weighted by Gasteiger charge is 2.40. The summed E-state index contributed by atoms with van der Waals surface area (Å²) in [6.07, 6.45) is 11.9. The number of nitrogens with one attached hydrogen (secondary N) is 2. The van der Waals surface area contributed by atoms with Crippen molar-refractivity contribution in [2.75, 3.05) is 11.9 Å². The molecular formula is C21H26BrN3. The minimum Gasteiger partial charge on any atom is -0.371 e. The van der Waals surface area contributed by atoms with Crippen molar-refractivity contribution in [3.8, 4) is 0 Å². The number of anilines is 1. The van der Waals surface area contributed by atoms with Crippen molar-refractivity contribution in [1.82, 2.24) is 5.32 Å². The molecule has 1 heterocycles. The highest BCUT2D eigenvalue weighted by molar-refractivity contribution is 9.12. The minimum atomic E-state index is -0.0225. The van der Waals surface area contributed by atoms with Crippen molar-refractivity contribution in [3.63, 3.8) is 0 Å². The summed E-state index contributed by atoms with van der Waals surface area (Å²) in [7, 11) is 0. The first-order valence-electron chi connectivity index (χ1n) is 9.43. The molecular weight excluding hydrogens is 374 g/mol. The van der Waals surface area contributed by atoms with Crippen LogP contribution in [0.2, 0.25) is 0 Å². The highest BCUT2D eigenvalue weighted by Crippen LogP contribution is 2.40. The largest absolute Gasteiger partial charge is 0.371 e. The molecule has 25 heavy (non-hydrogen) atoms. The average molecular weight is 400 g/mol. The maximum Gasteiger partial charge on any atom is 0.128 e. The molecule has 0 aromatic heterocycles. The fraction of sp³-hybridized carbons (Fsp3) is 0.476. The number of nitrogens with zero attached hydrogens (tertiary/aromatic N) is 1. The number of rotatable bonds is 2. The van der Waals surface area contributed by atoms with E-state index in [0.717, 1.165) is 37.3 Å². The van der Waals surface area contributed by atoms with Gasteiger partial charge in [-0.3, -0.25) is 0 Å². The lowest BCUT2D eigenvalue weighted by atomic mass is 9.79. The van der Waals surface area contributed by atoms with Crippen molar-refractivity contribution in [2.45, 2.75) is 51.0 Å². The molecule has 1 spiro atoms. The van der Waals surface area contributed by atoms with Gasteiger partial charge in [-0.2, -0.15) is 0 Å². The van der Waals surface area contributed by atoms with Crippen LogP contribution < -0.4 is 10.6 Å². The fourth-order valence-electron chi connectivity index (χ4n) is 4.13. The Morgan fingerprint density at radius 1 is 1.24 bits per heavy atom. The predicted molar refractivity (Wildman–Crippen MR) is 110 cm³/mol. The normalized spacial score (nSPS) is 24.6. The van der Waals surface area contributed by atoms with Crippen LogP contribution in [0.15, 0.2) is 51.5 Å². The number of fused-ring (bicyclic) bond motifs is 1. The SMILES string of the molecule is CC1C=C(Br)C(CNC2=Nc3ccccc3NC23CCCCC3)=CC1. The van der Waals surface area contributed by atoms with Gasteiger partial charge in [0.25, 0.3) is 0 Å². The van der Waals surface area contributed by atoms with E-state index in [1.54, 1.807) is 0 Å². The van der Waals surface area contributed by atoms with E-state index in [2.05, 4.69) is 69.9 Å². The average Bonchev–Trinajstić information content (AvgIpc) is 2.62. The van der Waals surface area contributed by atoms with Crippen molar-refractivity contribution in [2.24, 2.45) is 10.9 Å². The topological polar surface area (TPSA) is 36.4 Å². The van der Waals surface area contributed by atoms with E-state index < -0.39 is 0 Å². The van der Waals surface area contributed by atoms with Crippen LogP contribution >= 0.6 is 15.9 Å². The lowest BCUT2D eigenvalue weighted by molar-refractivity contribution is 0.397. The maximum absolute atomic E-state index is 5.03. The molecule has 1 saturated carbocycles. The molecule has 1 unspecified atom stereocenters. The molecule has 0 bridgehead atoms. The summed E-state index contributed by atoms with van der Waals surface area (Å²) in [4.78, 5) is 5.03. The highest BCUT2D eigenvalue weighted by atomic mass is 79.9. The summed E-state index contributed by atoms with van der Waals surface area (Å²) < 4.78 is 1.22. The number of allylic oxidation sites excluding steroid dienone is 2. The molecule has 0 radical (unpaired) electrons. The molecule has 0 amide bonds. The van der Waals surface area contributed by atoms with Crippen LogP contribution in [0.1, 0.15) is 45.4 Å². The number of benzene rings is 1. The Morgan fingerprint density at radius 3 is 2.84 bits per heavy atom. The molecule has 1 aromatic rings. The zero-order valence-electron chi connectivity index (χ0n) is 14.8. The summed E-state index contributed by atoms with van der Waals surface area (Å²) >= 11 is 3.73. The third-order valence-corrected chi connectivity index (χ3v) is 6.36. The van der Waals surface area contributed by atoms with Gasteiger partial charge in [-0.1, -0.05) is 66.4 Å². The minimum absolute atomic E-state index is 0.0225. The Labute approximate surface area is 158 Å². The molecule has 1 aliphatic heterocycles. The number of hydrogen-bond donors (Lipinski definition) is 2. The molecule has 132 valence electrons. The van der Waals surface area contributed by atoms with Gasteiger partial charge in [-0.05, 0) is 42.9 Å². The van der Waals surface area contributed by atoms with Crippen molar-refractivity contribution < 1.29 is 0 Å². The Morgan fingerprint density at radius 2 is 2.04 bits per heavy atom. The van der Waals surface area contributed by atoms with Crippen LogP contribution in [0.25, 0.3) is 0 Å². The summed E-state index contributed by atoms with van der Waals surface area (Å²) in [5, 5.41) is 7.52. The molecule has 1 aromatic carbocycles. The first-order valence-corrected chi connectivity index (χ1v) is 10.2. The third-order valence-electron chi connectivity index (χ3n) is 5.59. The van der Waals surface area contributed by atoms with Crippen LogP contribution in [0.3, 0.4) is 0 Å². The molecule has 3 nitrogen and oxygen atoms in total. The van der Waals surface area contributed by atoms with Gasteiger partial charge in [-0.15, -0.1) is 0 Å². The zero-order valence-corrected chi connectivity index (χ0v) is 16.4. The molecule has 3 aliphatic rings. The quantitative estimate of drug-likeness (QED) is 0.670. The van der Waals surface area contributed by atoms with Gasteiger partial charge < -0.3 is 10.6 Å². The Balaban J connectivity index is 1.59. The maximum atomic E-state index is 5.03. The summed E-state index contributed by atoms with van der Waals surface area (Å²) in [5.74, 6) is 1.73. The Bertz CT molecular complexity index is 741. The molecule has 0 saturated heterocycles. The Hall–Kier alpha value is -1.55. The number of amidine groups is 1. The number of para-hydroxylation sites is 2. The van der Waals surface area contributed by atoms with E-state index in [9.17, 15) is 0 Å². The van der Waals surface area contributed by atoms with Gasteiger partial charge >= 0.3 is 0 Å². The van der Waals surface area contributed by atoms with E-state index in [-0.39, 0.29) is 5.54 Å². The molecule has 1 fully saturated rings. The zero-order chi connectivity index (χ0) is 17.3. The molecule has 2 N–H and O–H groups in total. The monoisotopic (exact) mass is 399 g/mol. The van der Waals surface area contributed by atoms with Crippen molar-refractivity contribution in [3.05, 3.63) is 46.5 Å². The van der Waals surface area contributed by atoms with Crippen LogP contribution in [0, 0.1) is 5.92 Å². The van der Waals surface area contributed by atoms with Gasteiger partial charge in [0.2, 0.25) is 0 Å². The van der Waals surface area contributed by atoms with Gasteiger partial charge in [0.15, 0.2) is 0 Å². The van der Waals surface area contributed by atoms with Gasteiger partial charge in [0.05, 0.1) is 16.9 Å². The second-order valence-corrected chi connectivity index (χ2v) is 8.41. The molecule has 2 aliphatic carbocycles. The second-order valence-electron chi connectivity index (χ2n) is 7.56. The van der Waals surface area contributed by atoms with Crippen molar-refractivity contribution in [1.29, 1.82) is 0 Å². The molecule has 1 atom stereocenters.